The summed E-state index contributed by atoms with van der Waals surface area (Å²) in [7, 11) is 5.05. The van der Waals surface area contributed by atoms with Gasteiger partial charge in [0.15, 0.2) is 0 Å². The maximum Gasteiger partial charge on any atom is 0.323 e. The van der Waals surface area contributed by atoms with Gasteiger partial charge < -0.3 is 29.7 Å². The van der Waals surface area contributed by atoms with E-state index in [-0.39, 0.29) is 24.0 Å². The molecule has 0 unspecified atom stereocenters. The Morgan fingerprint density at radius 1 is 1.08 bits per heavy atom. The number of fused-ring (bicyclic) bond motifs is 1. The van der Waals surface area contributed by atoms with E-state index in [1.54, 1.807) is 68.6 Å². The van der Waals surface area contributed by atoms with Crippen LogP contribution in [-0.2, 0) is 4.74 Å². The number of rotatable bonds is 6. The van der Waals surface area contributed by atoms with Gasteiger partial charge in [0.05, 0.1) is 18.8 Å². The smallest absolute Gasteiger partial charge is 0.323 e. The third kappa shape index (κ3) is 7.60. The summed E-state index contributed by atoms with van der Waals surface area (Å²) in [5.74, 6) is 1.16. The van der Waals surface area contributed by atoms with Crippen molar-refractivity contribution in [1.29, 1.82) is 0 Å². The van der Waals surface area contributed by atoms with Crippen molar-refractivity contribution in [3.8, 4) is 11.5 Å². The first-order valence-electron chi connectivity index (χ1n) is 12.8. The molecule has 2 aromatic rings. The number of nitrogens with one attached hydrogen (secondary N) is 2. The van der Waals surface area contributed by atoms with E-state index in [1.165, 1.54) is 0 Å². The standard InChI is InChI=1S/C28H40N4O5/c1-7-13-32-16-19(2)26(36-6)17-31(4)27(33)24-12-11-22(15-25(24)37-18-20(32)3)30-28(34)29-21-9-8-10-23(14-21)35-5/h8-12,14-15,19-20,26H,7,13,16-18H2,1-6H3,(H2,29,30,34)/t19-,20-,26-/m1/s1. The maximum absolute atomic E-state index is 13.4. The molecule has 9 nitrogen and oxygen atoms in total. The minimum Gasteiger partial charge on any atom is -0.497 e. The minimum absolute atomic E-state index is 0.0921. The maximum atomic E-state index is 13.4. The molecule has 0 aromatic heterocycles. The van der Waals surface area contributed by atoms with Crippen molar-refractivity contribution in [2.45, 2.75) is 39.3 Å². The normalized spacial score (nSPS) is 21.2. The second kappa shape index (κ2) is 13.3. The molecule has 0 fully saturated rings. The molecule has 2 N–H and O–H groups in total. The highest BCUT2D eigenvalue weighted by Crippen LogP contribution is 2.27. The van der Waals surface area contributed by atoms with E-state index in [9.17, 15) is 9.59 Å². The molecule has 3 amide bonds. The molecule has 0 saturated heterocycles. The number of hydrogen-bond donors (Lipinski definition) is 2. The average molecular weight is 513 g/mol. The van der Waals surface area contributed by atoms with E-state index in [2.05, 4.69) is 36.3 Å². The van der Waals surface area contributed by atoms with Gasteiger partial charge in [0.1, 0.15) is 18.1 Å². The van der Waals surface area contributed by atoms with Crippen molar-refractivity contribution < 1.29 is 23.8 Å². The molecule has 0 bridgehead atoms. The van der Waals surface area contributed by atoms with Crippen molar-refractivity contribution >= 4 is 23.3 Å². The molecule has 1 aliphatic rings. The van der Waals surface area contributed by atoms with Crippen LogP contribution >= 0.6 is 0 Å². The number of carbonyl (C=O) groups excluding carboxylic acids is 2. The predicted molar refractivity (Wildman–Crippen MR) is 146 cm³/mol. The van der Waals surface area contributed by atoms with Crippen LogP contribution in [0.25, 0.3) is 0 Å². The number of carbonyl (C=O) groups is 2. The lowest BCUT2D eigenvalue weighted by atomic mass is 10.0. The summed E-state index contributed by atoms with van der Waals surface area (Å²) in [6.07, 6.45) is 0.936. The molecule has 0 saturated carbocycles. The molecule has 0 aliphatic carbocycles. The second-order valence-corrected chi connectivity index (χ2v) is 9.61. The lowest BCUT2D eigenvalue weighted by Gasteiger charge is -2.35. The summed E-state index contributed by atoms with van der Waals surface area (Å²) < 4.78 is 17.2. The Balaban J connectivity index is 1.84. The number of likely N-dealkylation sites (N-methyl/N-ethyl adjacent to an activating group) is 1. The molecule has 0 radical (unpaired) electrons. The zero-order valence-corrected chi connectivity index (χ0v) is 22.7. The van der Waals surface area contributed by atoms with Crippen LogP contribution in [0.15, 0.2) is 42.5 Å². The van der Waals surface area contributed by atoms with Crippen LogP contribution in [0.5, 0.6) is 11.5 Å². The van der Waals surface area contributed by atoms with Gasteiger partial charge in [-0.05, 0) is 50.1 Å². The van der Waals surface area contributed by atoms with Crippen molar-refractivity contribution in [3.05, 3.63) is 48.0 Å². The first-order valence-corrected chi connectivity index (χ1v) is 12.8. The molecule has 1 aliphatic heterocycles. The van der Waals surface area contributed by atoms with Crippen LogP contribution in [0.2, 0.25) is 0 Å². The second-order valence-electron chi connectivity index (χ2n) is 9.61. The number of urea groups is 1. The van der Waals surface area contributed by atoms with E-state index < -0.39 is 6.03 Å². The van der Waals surface area contributed by atoms with Crippen molar-refractivity contribution in [1.82, 2.24) is 9.80 Å². The van der Waals surface area contributed by atoms with Gasteiger partial charge in [-0.3, -0.25) is 9.69 Å². The Morgan fingerprint density at radius 3 is 2.49 bits per heavy atom. The lowest BCUT2D eigenvalue weighted by molar-refractivity contribution is 0.0108. The zero-order chi connectivity index (χ0) is 26.9. The van der Waals surface area contributed by atoms with Gasteiger partial charge in [0.25, 0.3) is 5.91 Å². The number of ether oxygens (including phenoxy) is 3. The van der Waals surface area contributed by atoms with E-state index in [4.69, 9.17) is 14.2 Å². The monoisotopic (exact) mass is 512 g/mol. The molecule has 37 heavy (non-hydrogen) atoms. The number of amides is 3. The fraction of sp³-hybridized carbons (Fsp3) is 0.500. The quantitative estimate of drug-likeness (QED) is 0.590. The number of anilines is 2. The van der Waals surface area contributed by atoms with E-state index >= 15 is 0 Å². The summed E-state index contributed by atoms with van der Waals surface area (Å²) in [6.45, 7) is 9.13. The molecule has 2 aromatic carbocycles. The SMILES string of the molecule is CCCN1C[C@@H](C)[C@H](OC)CN(C)C(=O)c2ccc(NC(=O)Nc3cccc(OC)c3)cc2OC[C@H]1C. The predicted octanol–water partition coefficient (Wildman–Crippen LogP) is 4.56. The van der Waals surface area contributed by atoms with Crippen molar-refractivity contribution in [3.63, 3.8) is 0 Å². The number of methoxy groups -OCH3 is 2. The summed E-state index contributed by atoms with van der Waals surface area (Å²) in [6, 6.07) is 11.9. The topological polar surface area (TPSA) is 92.4 Å². The molecule has 0 spiro atoms. The Morgan fingerprint density at radius 2 is 1.81 bits per heavy atom. The van der Waals surface area contributed by atoms with Gasteiger partial charge in [0, 0.05) is 56.8 Å². The van der Waals surface area contributed by atoms with Gasteiger partial charge in [-0.2, -0.15) is 0 Å². The van der Waals surface area contributed by atoms with E-state index in [1.807, 2.05) is 0 Å². The van der Waals surface area contributed by atoms with E-state index in [0.29, 0.717) is 41.6 Å². The average Bonchev–Trinajstić information content (AvgIpc) is 2.89. The van der Waals surface area contributed by atoms with Crippen LogP contribution < -0.4 is 20.1 Å². The van der Waals surface area contributed by atoms with Crippen LogP contribution in [0.4, 0.5) is 16.2 Å². The lowest BCUT2D eigenvalue weighted by Crippen LogP contribution is -2.46. The summed E-state index contributed by atoms with van der Waals surface area (Å²) in [5, 5.41) is 5.62. The van der Waals surface area contributed by atoms with Gasteiger partial charge in [-0.25, -0.2) is 4.79 Å². The Kier molecular flexibility index (Phi) is 10.2. The Hall–Kier alpha value is -3.30. The number of nitrogens with zero attached hydrogens (tertiary/aromatic N) is 2. The number of benzene rings is 2. The summed E-state index contributed by atoms with van der Waals surface area (Å²) in [4.78, 5) is 30.1. The molecular formula is C28H40N4O5. The molecular weight excluding hydrogens is 472 g/mol. The first-order chi connectivity index (χ1) is 17.7. The summed E-state index contributed by atoms with van der Waals surface area (Å²) in [5.41, 5.74) is 1.56. The minimum atomic E-state index is -0.413. The zero-order valence-electron chi connectivity index (χ0n) is 22.7. The largest absolute Gasteiger partial charge is 0.497 e. The van der Waals surface area contributed by atoms with Gasteiger partial charge in [-0.15, -0.1) is 0 Å². The van der Waals surface area contributed by atoms with Crippen LogP contribution in [0, 0.1) is 5.92 Å². The molecule has 1 heterocycles. The van der Waals surface area contributed by atoms with E-state index in [0.717, 1.165) is 19.5 Å². The highest BCUT2D eigenvalue weighted by Gasteiger charge is 2.28. The van der Waals surface area contributed by atoms with Crippen molar-refractivity contribution in [2.24, 2.45) is 5.92 Å². The van der Waals surface area contributed by atoms with Crippen LogP contribution in [-0.4, -0.2) is 81.4 Å². The molecule has 3 atom stereocenters. The first kappa shape index (κ1) is 28.3. The van der Waals surface area contributed by atoms with Gasteiger partial charge >= 0.3 is 6.03 Å². The fourth-order valence-electron chi connectivity index (χ4n) is 4.52. The third-order valence-corrected chi connectivity index (χ3v) is 6.67. The van der Waals surface area contributed by atoms with Crippen LogP contribution in [0.3, 0.4) is 0 Å². The third-order valence-electron chi connectivity index (χ3n) is 6.67. The van der Waals surface area contributed by atoms with Gasteiger partial charge in [-0.1, -0.05) is 19.9 Å². The Bertz CT molecular complexity index is 1060. The van der Waals surface area contributed by atoms with Crippen LogP contribution in [0.1, 0.15) is 37.6 Å². The highest BCUT2D eigenvalue weighted by atomic mass is 16.5. The van der Waals surface area contributed by atoms with Crippen molar-refractivity contribution in [2.75, 3.05) is 58.1 Å². The number of hydrogen-bond acceptors (Lipinski definition) is 6. The molecule has 202 valence electrons. The molecule has 3 rings (SSSR count). The Labute approximate surface area is 220 Å². The highest BCUT2D eigenvalue weighted by molar-refractivity contribution is 6.01. The summed E-state index contributed by atoms with van der Waals surface area (Å²) >= 11 is 0. The fourth-order valence-corrected chi connectivity index (χ4v) is 4.52. The van der Waals surface area contributed by atoms with Gasteiger partial charge in [0.2, 0.25) is 0 Å². The molecule has 9 heteroatoms.